The number of aromatic hydroxyl groups is 2. The van der Waals surface area contributed by atoms with Crippen LogP contribution in [0.5, 0.6) is 11.5 Å². The van der Waals surface area contributed by atoms with Crippen molar-refractivity contribution in [3.63, 3.8) is 0 Å². The molecule has 1 aromatic carbocycles. The second kappa shape index (κ2) is 6.90. The van der Waals surface area contributed by atoms with Gasteiger partial charge in [0.2, 0.25) is 0 Å². The molecule has 3 nitrogen and oxygen atoms in total. The van der Waals surface area contributed by atoms with E-state index in [0.717, 1.165) is 43.4 Å². The van der Waals surface area contributed by atoms with E-state index in [4.69, 9.17) is 16.3 Å². The number of phenols is 2. The highest BCUT2D eigenvalue weighted by Gasteiger charge is 2.14. The van der Waals surface area contributed by atoms with Crippen molar-refractivity contribution >= 4 is 11.6 Å². The number of rotatable bonds is 5. The van der Waals surface area contributed by atoms with Crippen LogP contribution in [0.25, 0.3) is 0 Å². The molecule has 1 aliphatic carbocycles. The second-order valence-electron chi connectivity index (χ2n) is 5.25. The van der Waals surface area contributed by atoms with Gasteiger partial charge in [-0.25, -0.2) is 0 Å². The van der Waals surface area contributed by atoms with E-state index >= 15 is 0 Å². The molecule has 2 rings (SSSR count). The highest BCUT2D eigenvalue weighted by Crippen LogP contribution is 2.34. The third kappa shape index (κ3) is 3.73. The van der Waals surface area contributed by atoms with Gasteiger partial charge >= 0.3 is 0 Å². The molecule has 0 spiro atoms. The molecular weight excluding hydrogens is 288 g/mol. The normalized spacial score (nSPS) is 15.1. The molecule has 0 radical (unpaired) electrons. The van der Waals surface area contributed by atoms with E-state index in [9.17, 15) is 10.2 Å². The zero-order valence-corrected chi connectivity index (χ0v) is 13.2. The van der Waals surface area contributed by atoms with Crippen LogP contribution >= 0.6 is 11.6 Å². The predicted octanol–water partition coefficient (Wildman–Crippen LogP) is 4.71. The molecule has 4 heteroatoms. The van der Waals surface area contributed by atoms with Crippen LogP contribution in [-0.4, -0.2) is 17.3 Å². The molecule has 0 heterocycles. The van der Waals surface area contributed by atoms with Gasteiger partial charge in [-0.1, -0.05) is 29.7 Å². The van der Waals surface area contributed by atoms with Crippen LogP contribution < -0.4 is 0 Å². The van der Waals surface area contributed by atoms with E-state index < -0.39 is 0 Å². The van der Waals surface area contributed by atoms with E-state index in [0.29, 0.717) is 5.02 Å². The number of hydrogen-bond donors (Lipinski definition) is 2. The van der Waals surface area contributed by atoms with Crippen molar-refractivity contribution in [3.8, 4) is 11.5 Å². The molecule has 0 bridgehead atoms. The van der Waals surface area contributed by atoms with Crippen molar-refractivity contribution in [2.75, 3.05) is 7.11 Å². The number of hydrogen-bond acceptors (Lipinski definition) is 3. The van der Waals surface area contributed by atoms with Crippen molar-refractivity contribution in [3.05, 3.63) is 45.7 Å². The summed E-state index contributed by atoms with van der Waals surface area (Å²) >= 11 is 6.12. The first kappa shape index (κ1) is 15.8. The molecule has 21 heavy (non-hydrogen) atoms. The van der Waals surface area contributed by atoms with Gasteiger partial charge in [0.25, 0.3) is 0 Å². The van der Waals surface area contributed by atoms with Crippen molar-refractivity contribution < 1.29 is 14.9 Å². The zero-order valence-electron chi connectivity index (χ0n) is 12.4. The first-order chi connectivity index (χ1) is 10.0. The van der Waals surface area contributed by atoms with Crippen molar-refractivity contribution in [1.82, 2.24) is 0 Å². The zero-order chi connectivity index (χ0) is 15.4. The van der Waals surface area contributed by atoms with Gasteiger partial charge in [-0.05, 0) is 43.4 Å². The van der Waals surface area contributed by atoms with Crippen molar-refractivity contribution in [2.45, 2.75) is 39.0 Å². The van der Waals surface area contributed by atoms with E-state index in [1.54, 1.807) is 13.2 Å². The summed E-state index contributed by atoms with van der Waals surface area (Å²) in [5.74, 6) is 0.739. The van der Waals surface area contributed by atoms with Crippen LogP contribution in [0.2, 0.25) is 5.02 Å². The Morgan fingerprint density at radius 3 is 2.52 bits per heavy atom. The Morgan fingerprint density at radius 1 is 1.14 bits per heavy atom. The molecule has 0 fully saturated rings. The first-order valence-corrected chi connectivity index (χ1v) is 7.56. The Balaban J connectivity index is 2.09. The van der Waals surface area contributed by atoms with Crippen LogP contribution in [0.15, 0.2) is 35.1 Å². The summed E-state index contributed by atoms with van der Waals surface area (Å²) in [5.41, 5.74) is 3.70. The Bertz CT molecular complexity index is 588. The third-order valence-electron chi connectivity index (χ3n) is 3.99. The molecule has 0 saturated heterocycles. The number of methoxy groups -OCH3 is 1. The van der Waals surface area contributed by atoms with Gasteiger partial charge in [-0.2, -0.15) is 0 Å². The molecule has 2 N–H and O–H groups in total. The van der Waals surface area contributed by atoms with Crippen molar-refractivity contribution in [2.24, 2.45) is 0 Å². The van der Waals surface area contributed by atoms with E-state index in [-0.39, 0.29) is 11.5 Å². The molecule has 0 aliphatic heterocycles. The fraction of sp³-hybridized carbons (Fsp3) is 0.412. The number of benzene rings is 1. The summed E-state index contributed by atoms with van der Waals surface area (Å²) in [4.78, 5) is 0. The number of phenolic OH excluding ortho intramolecular Hbond substituents is 2. The first-order valence-electron chi connectivity index (χ1n) is 7.18. The van der Waals surface area contributed by atoms with Crippen LogP contribution in [-0.2, 0) is 11.2 Å². The molecule has 1 aliphatic rings. The Morgan fingerprint density at radius 2 is 1.86 bits per heavy atom. The summed E-state index contributed by atoms with van der Waals surface area (Å²) in [6, 6.07) is 2.94. The van der Waals surface area contributed by atoms with Crippen LogP contribution in [0, 0.1) is 0 Å². The van der Waals surface area contributed by atoms with E-state index in [1.807, 2.05) is 0 Å². The Kier molecular flexibility index (Phi) is 5.18. The summed E-state index contributed by atoms with van der Waals surface area (Å²) in [6.45, 7) is 2.16. The minimum Gasteiger partial charge on any atom is -0.504 e. The highest BCUT2D eigenvalue weighted by atomic mass is 35.5. The molecule has 114 valence electrons. The lowest BCUT2D eigenvalue weighted by molar-refractivity contribution is 0.278. The van der Waals surface area contributed by atoms with Crippen LogP contribution in [0.1, 0.15) is 38.2 Å². The molecule has 0 atom stereocenters. The lowest BCUT2D eigenvalue weighted by atomic mass is 9.90. The van der Waals surface area contributed by atoms with Gasteiger partial charge < -0.3 is 14.9 Å². The smallest absolute Gasteiger partial charge is 0.158 e. The van der Waals surface area contributed by atoms with Gasteiger partial charge in [0.1, 0.15) is 0 Å². The maximum atomic E-state index is 9.58. The number of allylic oxidation sites excluding steroid dienone is 3. The summed E-state index contributed by atoms with van der Waals surface area (Å²) < 4.78 is 5.33. The largest absolute Gasteiger partial charge is 0.504 e. The number of halogens is 1. The highest BCUT2D eigenvalue weighted by molar-refractivity contribution is 6.31. The lowest BCUT2D eigenvalue weighted by Gasteiger charge is -2.20. The summed E-state index contributed by atoms with van der Waals surface area (Å²) in [6.07, 6.45) is 6.60. The minimum atomic E-state index is -0.178. The fourth-order valence-electron chi connectivity index (χ4n) is 2.67. The topological polar surface area (TPSA) is 49.7 Å². The van der Waals surface area contributed by atoms with E-state index in [1.165, 1.54) is 17.2 Å². The third-order valence-corrected chi connectivity index (χ3v) is 4.34. The van der Waals surface area contributed by atoms with Gasteiger partial charge in [-0.3, -0.25) is 0 Å². The molecule has 0 unspecified atom stereocenters. The Hall–Kier alpha value is -1.61. The molecule has 0 saturated carbocycles. The van der Waals surface area contributed by atoms with Crippen molar-refractivity contribution in [1.29, 1.82) is 0 Å². The standard InChI is InChI=1S/C17H21ClO3/c1-3-11-8-14(21-2)7-6-12(11)4-5-13-9-16(19)17(20)10-15(13)18/h7,9-10,19-20H,3-6,8H2,1-2H3. The SMILES string of the molecule is CCC1=C(CCc2cc(O)c(O)cc2Cl)CC=C(OC)C1. The van der Waals surface area contributed by atoms with Gasteiger partial charge in [0.15, 0.2) is 11.5 Å². The molecular formula is C17H21ClO3. The number of ether oxygens (including phenoxy) is 1. The maximum absolute atomic E-state index is 9.58. The molecule has 1 aromatic rings. The van der Waals surface area contributed by atoms with Crippen LogP contribution in [0.4, 0.5) is 0 Å². The molecule has 0 aromatic heterocycles. The fourth-order valence-corrected chi connectivity index (χ4v) is 2.92. The monoisotopic (exact) mass is 308 g/mol. The number of aryl methyl sites for hydroxylation is 1. The van der Waals surface area contributed by atoms with Crippen LogP contribution in [0.3, 0.4) is 0 Å². The van der Waals surface area contributed by atoms with Gasteiger partial charge in [0.05, 0.1) is 12.9 Å². The summed E-state index contributed by atoms with van der Waals surface area (Å²) in [7, 11) is 1.71. The Labute approximate surface area is 130 Å². The molecule has 0 amide bonds. The predicted molar refractivity (Wildman–Crippen MR) is 84.7 cm³/mol. The lowest BCUT2D eigenvalue weighted by Crippen LogP contribution is -2.03. The van der Waals surface area contributed by atoms with Gasteiger partial charge in [0, 0.05) is 17.5 Å². The quantitative estimate of drug-likeness (QED) is 0.611. The minimum absolute atomic E-state index is 0.121. The maximum Gasteiger partial charge on any atom is 0.158 e. The average molecular weight is 309 g/mol. The summed E-state index contributed by atoms with van der Waals surface area (Å²) in [5, 5.41) is 19.5. The second-order valence-corrected chi connectivity index (χ2v) is 5.66. The average Bonchev–Trinajstić information content (AvgIpc) is 2.49. The van der Waals surface area contributed by atoms with Gasteiger partial charge in [-0.15, -0.1) is 0 Å². The van der Waals surface area contributed by atoms with E-state index in [2.05, 4.69) is 13.0 Å².